The summed E-state index contributed by atoms with van der Waals surface area (Å²) >= 11 is -2.86. The Morgan fingerprint density at radius 1 is 0.769 bits per heavy atom. The fourth-order valence-corrected chi connectivity index (χ4v) is 16.1. The number of rotatable bonds is 0. The molecule has 0 N–H and O–H groups in total. The van der Waals surface area contributed by atoms with E-state index in [0.29, 0.717) is 0 Å². The van der Waals surface area contributed by atoms with Gasteiger partial charge in [-0.05, 0) is 0 Å². The molecule has 0 atom stereocenters. The van der Waals surface area contributed by atoms with E-state index in [-0.39, 0.29) is 6.86 Å². The van der Waals surface area contributed by atoms with Crippen molar-refractivity contribution < 1.29 is 6.15 Å². The number of hydrogen-bond acceptors (Lipinski definition) is 2. The van der Waals surface area contributed by atoms with Gasteiger partial charge in [-0.1, -0.05) is 0 Å². The minimum atomic E-state index is -2.86. The number of hydrogen-bond donors (Lipinski definition) is 0. The van der Waals surface area contributed by atoms with Gasteiger partial charge in [-0.2, -0.15) is 0 Å². The molecule has 0 bridgehead atoms. The van der Waals surface area contributed by atoms with Gasteiger partial charge in [0.1, 0.15) is 0 Å². The summed E-state index contributed by atoms with van der Waals surface area (Å²) < 4.78 is 12.6. The zero-order valence-corrected chi connectivity index (χ0v) is 12.6. The molecule has 0 spiro atoms. The van der Waals surface area contributed by atoms with Crippen LogP contribution in [0, 0.1) is 0 Å². The third kappa shape index (κ3) is 1.90. The van der Waals surface area contributed by atoms with Gasteiger partial charge in [0, 0.05) is 0 Å². The third-order valence-corrected chi connectivity index (χ3v) is 17.4. The van der Waals surface area contributed by atoms with E-state index < -0.39 is 19.2 Å². The molecule has 0 radical (unpaired) electrons. The van der Waals surface area contributed by atoms with Crippen molar-refractivity contribution in [2.45, 2.75) is 48.4 Å². The summed E-state index contributed by atoms with van der Waals surface area (Å²) in [6.45, 7) is 15.2. The first kappa shape index (κ1) is 11.8. The fourth-order valence-electron chi connectivity index (χ4n) is 2.40. The zero-order chi connectivity index (χ0) is 10.3. The molecule has 0 aliphatic carbocycles. The van der Waals surface area contributed by atoms with E-state index in [1.807, 2.05) is 0 Å². The first-order chi connectivity index (χ1) is 5.71. The Morgan fingerprint density at radius 3 is 1.23 bits per heavy atom. The van der Waals surface area contributed by atoms with E-state index in [2.05, 4.69) is 41.5 Å². The molecule has 1 saturated heterocycles. The molecule has 0 aromatic carbocycles. The molecule has 0 saturated carbocycles. The Labute approximate surface area is 87.0 Å². The topological polar surface area (TPSA) is 18.5 Å². The van der Waals surface area contributed by atoms with Crippen molar-refractivity contribution in [1.29, 1.82) is 0 Å². The Hall–Kier alpha value is 0.719. The van der Waals surface area contributed by atoms with Gasteiger partial charge in [0.15, 0.2) is 0 Å². The molecule has 1 rings (SSSR count). The molecule has 0 aromatic heterocycles. The van der Waals surface area contributed by atoms with Crippen LogP contribution in [0.4, 0.5) is 0 Å². The van der Waals surface area contributed by atoms with Gasteiger partial charge in [-0.3, -0.25) is 0 Å². The van der Waals surface area contributed by atoms with Gasteiger partial charge in [-0.15, -0.1) is 0 Å². The normalized spacial score (nSPS) is 23.5. The van der Waals surface area contributed by atoms with Gasteiger partial charge < -0.3 is 0 Å². The summed E-state index contributed by atoms with van der Waals surface area (Å²) in [5, 5.41) is 0. The van der Waals surface area contributed by atoms with Crippen LogP contribution in [-0.2, 0) is 6.15 Å². The predicted molar refractivity (Wildman–Crippen MR) is 57.1 cm³/mol. The molecule has 78 valence electrons. The van der Waals surface area contributed by atoms with E-state index in [9.17, 15) is 0 Å². The van der Waals surface area contributed by atoms with Crippen LogP contribution in [0.2, 0.25) is 6.86 Å². The summed E-state index contributed by atoms with van der Waals surface area (Å²) in [6.07, 6.45) is 0. The summed E-state index contributed by atoms with van der Waals surface area (Å²) in [6, 6.07) is 0. The van der Waals surface area contributed by atoms with Crippen LogP contribution in [0.5, 0.6) is 0 Å². The summed E-state index contributed by atoms with van der Waals surface area (Å²) in [7, 11) is 0. The Balaban J connectivity index is 3.02. The van der Waals surface area contributed by atoms with Crippen molar-refractivity contribution >= 4 is 19.2 Å². The molecule has 1 heterocycles. The molecule has 1 aliphatic rings. The van der Waals surface area contributed by atoms with Crippen LogP contribution < -0.4 is 0 Å². The van der Waals surface area contributed by atoms with Crippen molar-refractivity contribution in [3.63, 3.8) is 0 Å². The Kier molecular flexibility index (Phi) is 3.07. The van der Waals surface area contributed by atoms with Crippen LogP contribution in [-0.4, -0.2) is 32.4 Å². The van der Waals surface area contributed by atoms with Crippen LogP contribution in [0.1, 0.15) is 41.5 Å². The van der Waals surface area contributed by atoms with Crippen molar-refractivity contribution in [2.24, 2.45) is 0 Å². The molecule has 13 heavy (non-hydrogen) atoms. The first-order valence-corrected chi connectivity index (χ1v) is 10.2. The van der Waals surface area contributed by atoms with E-state index in [1.54, 1.807) is 0 Å². The van der Waals surface area contributed by atoms with Gasteiger partial charge in [0.05, 0.1) is 0 Å². The maximum absolute atomic E-state index is 6.06. The molecule has 1 aliphatic heterocycles. The molecular weight excluding hydrogens is 271 g/mol. The summed E-state index contributed by atoms with van der Waals surface area (Å²) in [4.78, 5) is 0. The second-order valence-electron chi connectivity index (χ2n) is 5.81. The molecule has 0 unspecified atom stereocenters. The Bertz CT molecular complexity index is 166. The van der Waals surface area contributed by atoms with Crippen LogP contribution in [0.15, 0.2) is 0 Å². The van der Waals surface area contributed by atoms with Crippen molar-refractivity contribution in [1.82, 2.24) is 0 Å². The van der Waals surface area contributed by atoms with E-state index in [0.717, 1.165) is 13.2 Å². The second-order valence-corrected chi connectivity index (χ2v) is 19.5. The van der Waals surface area contributed by atoms with Crippen molar-refractivity contribution in [2.75, 3.05) is 13.2 Å². The van der Waals surface area contributed by atoms with E-state index >= 15 is 0 Å². The molecular formula is C10H22O2Sn. The van der Waals surface area contributed by atoms with Gasteiger partial charge >= 0.3 is 87.0 Å². The standard InChI is InChI=1S/2C4H9.C2H4O2.Sn/c2*1-4(2)3;3-1-2-4;/h2*1-3H3;1-2H2;/q;;-2;+2. The molecule has 2 nitrogen and oxygen atoms in total. The van der Waals surface area contributed by atoms with Crippen LogP contribution in [0.25, 0.3) is 0 Å². The molecule has 3 heteroatoms. The summed E-state index contributed by atoms with van der Waals surface area (Å²) in [5.74, 6) is 0. The summed E-state index contributed by atoms with van der Waals surface area (Å²) in [5.41, 5.74) is 0. The average molecular weight is 293 g/mol. The zero-order valence-electron chi connectivity index (χ0n) is 9.73. The van der Waals surface area contributed by atoms with Crippen LogP contribution in [0.3, 0.4) is 0 Å². The van der Waals surface area contributed by atoms with E-state index in [1.165, 1.54) is 0 Å². The molecule has 0 aromatic rings. The third-order valence-electron chi connectivity index (χ3n) is 2.67. The van der Waals surface area contributed by atoms with Gasteiger partial charge in [0.25, 0.3) is 0 Å². The quantitative estimate of drug-likeness (QED) is 0.639. The van der Waals surface area contributed by atoms with Crippen LogP contribution >= 0.6 is 0 Å². The van der Waals surface area contributed by atoms with Crippen molar-refractivity contribution in [3.8, 4) is 0 Å². The minimum absolute atomic E-state index is 0.226. The monoisotopic (exact) mass is 294 g/mol. The predicted octanol–water partition coefficient (Wildman–Crippen LogP) is 3.08. The Morgan fingerprint density at radius 2 is 1.08 bits per heavy atom. The average Bonchev–Trinajstić information content (AvgIpc) is 2.28. The van der Waals surface area contributed by atoms with Gasteiger partial charge in [-0.25, -0.2) is 0 Å². The first-order valence-electron chi connectivity index (χ1n) is 4.99. The van der Waals surface area contributed by atoms with Crippen molar-refractivity contribution in [3.05, 3.63) is 0 Å². The molecule has 1 fully saturated rings. The fraction of sp³-hybridized carbons (Fsp3) is 1.00. The SMILES string of the molecule is C[C](C)(C)[Sn]1([C](C)(C)C)[O]CC[O]1. The second kappa shape index (κ2) is 3.38. The molecule has 0 amide bonds. The van der Waals surface area contributed by atoms with Gasteiger partial charge in [0.2, 0.25) is 0 Å². The maximum atomic E-state index is 6.06. The van der Waals surface area contributed by atoms with E-state index in [4.69, 9.17) is 6.15 Å².